The van der Waals surface area contributed by atoms with E-state index in [0.717, 1.165) is 5.57 Å². The second-order valence-corrected chi connectivity index (χ2v) is 2.17. The van der Waals surface area contributed by atoms with Crippen LogP contribution in [0.5, 0.6) is 0 Å². The number of allylic oxidation sites excluding steroid dienone is 1. The highest BCUT2D eigenvalue weighted by atomic mass is 16.5. The first kappa shape index (κ1) is 9.95. The SMILES string of the molecule is C=C(C(=O)OCC)/C(C)=C/C. The average molecular weight is 154 g/mol. The van der Waals surface area contributed by atoms with Gasteiger partial charge in [0.1, 0.15) is 0 Å². The van der Waals surface area contributed by atoms with Crippen molar-refractivity contribution >= 4 is 5.97 Å². The Balaban J connectivity index is 4.15. The number of esters is 1. The van der Waals surface area contributed by atoms with Crippen molar-refractivity contribution in [2.75, 3.05) is 6.61 Å². The summed E-state index contributed by atoms with van der Waals surface area (Å²) in [6, 6.07) is 0. The Morgan fingerprint density at radius 3 is 2.55 bits per heavy atom. The molecular formula is C9H14O2. The van der Waals surface area contributed by atoms with Crippen LogP contribution in [0.15, 0.2) is 23.8 Å². The largest absolute Gasteiger partial charge is 0.462 e. The molecule has 0 amide bonds. The van der Waals surface area contributed by atoms with Gasteiger partial charge in [0.2, 0.25) is 0 Å². The first-order chi connectivity index (χ1) is 5.13. The zero-order valence-corrected chi connectivity index (χ0v) is 7.31. The van der Waals surface area contributed by atoms with Crippen molar-refractivity contribution in [2.45, 2.75) is 20.8 Å². The van der Waals surface area contributed by atoms with E-state index in [-0.39, 0.29) is 5.97 Å². The third-order valence-corrected chi connectivity index (χ3v) is 1.43. The molecule has 0 radical (unpaired) electrons. The lowest BCUT2D eigenvalue weighted by molar-refractivity contribution is -0.138. The van der Waals surface area contributed by atoms with Crippen molar-refractivity contribution in [1.29, 1.82) is 0 Å². The highest BCUT2D eigenvalue weighted by Gasteiger charge is 2.07. The number of carbonyl (C=O) groups excluding carboxylic acids is 1. The van der Waals surface area contributed by atoms with Crippen molar-refractivity contribution < 1.29 is 9.53 Å². The third kappa shape index (κ3) is 3.03. The van der Waals surface area contributed by atoms with E-state index in [1.165, 1.54) is 0 Å². The molecule has 0 aliphatic rings. The van der Waals surface area contributed by atoms with Crippen LogP contribution in [-0.4, -0.2) is 12.6 Å². The summed E-state index contributed by atoms with van der Waals surface area (Å²) >= 11 is 0. The van der Waals surface area contributed by atoms with Gasteiger partial charge >= 0.3 is 5.97 Å². The van der Waals surface area contributed by atoms with E-state index >= 15 is 0 Å². The highest BCUT2D eigenvalue weighted by Crippen LogP contribution is 2.07. The van der Waals surface area contributed by atoms with Crippen molar-refractivity contribution in [3.8, 4) is 0 Å². The zero-order chi connectivity index (χ0) is 8.85. The molecular weight excluding hydrogens is 140 g/mol. The molecule has 0 heterocycles. The molecule has 11 heavy (non-hydrogen) atoms. The summed E-state index contributed by atoms with van der Waals surface area (Å²) in [5.74, 6) is -0.330. The molecule has 0 aliphatic carbocycles. The molecule has 0 saturated heterocycles. The monoisotopic (exact) mass is 154 g/mol. The summed E-state index contributed by atoms with van der Waals surface area (Å²) in [6.07, 6.45) is 1.83. The Labute approximate surface area is 67.6 Å². The maximum absolute atomic E-state index is 11.0. The second-order valence-electron chi connectivity index (χ2n) is 2.17. The molecule has 0 aromatic rings. The van der Waals surface area contributed by atoms with Crippen molar-refractivity contribution in [3.63, 3.8) is 0 Å². The molecule has 0 fully saturated rings. The number of hydrogen-bond donors (Lipinski definition) is 0. The first-order valence-corrected chi connectivity index (χ1v) is 3.62. The molecule has 0 saturated carbocycles. The summed E-state index contributed by atoms with van der Waals surface area (Å²) in [4.78, 5) is 11.0. The van der Waals surface area contributed by atoms with E-state index < -0.39 is 0 Å². The van der Waals surface area contributed by atoms with Crippen molar-refractivity contribution in [1.82, 2.24) is 0 Å². The Bertz CT molecular complexity index is 190. The summed E-state index contributed by atoms with van der Waals surface area (Å²) in [5.41, 5.74) is 1.30. The van der Waals surface area contributed by atoms with E-state index in [9.17, 15) is 4.79 Å². The standard InChI is InChI=1S/C9H14O2/c1-5-7(3)8(4)9(10)11-6-2/h5H,4,6H2,1-3H3/b7-5+. The van der Waals surface area contributed by atoms with Crippen molar-refractivity contribution in [3.05, 3.63) is 23.8 Å². The third-order valence-electron chi connectivity index (χ3n) is 1.43. The molecule has 62 valence electrons. The topological polar surface area (TPSA) is 26.3 Å². The van der Waals surface area contributed by atoms with E-state index in [4.69, 9.17) is 4.74 Å². The summed E-state index contributed by atoms with van der Waals surface area (Å²) in [5, 5.41) is 0. The van der Waals surface area contributed by atoms with Gasteiger partial charge in [0.15, 0.2) is 0 Å². The minimum atomic E-state index is -0.330. The van der Waals surface area contributed by atoms with Crippen LogP contribution in [0.4, 0.5) is 0 Å². The molecule has 0 spiro atoms. The number of carbonyl (C=O) groups is 1. The first-order valence-electron chi connectivity index (χ1n) is 3.62. The molecule has 0 aromatic carbocycles. The molecule has 0 aromatic heterocycles. The molecule has 0 atom stereocenters. The van der Waals surface area contributed by atoms with Gasteiger partial charge in [-0.1, -0.05) is 12.7 Å². The molecule has 0 bridgehead atoms. The Morgan fingerprint density at radius 1 is 1.64 bits per heavy atom. The smallest absolute Gasteiger partial charge is 0.337 e. The van der Waals surface area contributed by atoms with Gasteiger partial charge in [-0.3, -0.25) is 0 Å². The average Bonchev–Trinajstić information content (AvgIpc) is 2.02. The molecule has 0 N–H and O–H groups in total. The van der Waals surface area contributed by atoms with Crippen LogP contribution in [0.2, 0.25) is 0 Å². The normalized spacial score (nSPS) is 11.0. The Kier molecular flexibility index (Phi) is 4.27. The van der Waals surface area contributed by atoms with Crippen LogP contribution in [0.3, 0.4) is 0 Å². The number of rotatable bonds is 3. The van der Waals surface area contributed by atoms with Crippen LogP contribution >= 0.6 is 0 Å². The van der Waals surface area contributed by atoms with Gasteiger partial charge < -0.3 is 4.74 Å². The van der Waals surface area contributed by atoms with Gasteiger partial charge in [0.25, 0.3) is 0 Å². The quantitative estimate of drug-likeness (QED) is 0.353. The summed E-state index contributed by atoms with van der Waals surface area (Å²) < 4.78 is 4.75. The lowest BCUT2D eigenvalue weighted by Gasteiger charge is -2.03. The van der Waals surface area contributed by atoms with Gasteiger partial charge in [-0.15, -0.1) is 0 Å². The maximum Gasteiger partial charge on any atom is 0.337 e. The fourth-order valence-electron chi connectivity index (χ4n) is 0.553. The minimum absolute atomic E-state index is 0.330. The van der Waals surface area contributed by atoms with Crippen LogP contribution in [0.25, 0.3) is 0 Å². The van der Waals surface area contributed by atoms with Crippen LogP contribution in [0, 0.1) is 0 Å². The van der Waals surface area contributed by atoms with Gasteiger partial charge in [-0.25, -0.2) is 4.79 Å². The molecule has 0 unspecified atom stereocenters. The van der Waals surface area contributed by atoms with E-state index in [1.54, 1.807) is 6.92 Å². The Morgan fingerprint density at radius 2 is 2.18 bits per heavy atom. The Hall–Kier alpha value is -1.05. The van der Waals surface area contributed by atoms with Crippen LogP contribution < -0.4 is 0 Å². The number of ether oxygens (including phenoxy) is 1. The lowest BCUT2D eigenvalue weighted by atomic mass is 10.1. The van der Waals surface area contributed by atoms with Gasteiger partial charge in [-0.2, -0.15) is 0 Å². The second kappa shape index (κ2) is 4.72. The predicted octanol–water partition coefficient (Wildman–Crippen LogP) is 2.07. The predicted molar refractivity (Wildman–Crippen MR) is 45.2 cm³/mol. The maximum atomic E-state index is 11.0. The van der Waals surface area contributed by atoms with Crippen LogP contribution in [0.1, 0.15) is 20.8 Å². The van der Waals surface area contributed by atoms with E-state index in [0.29, 0.717) is 12.2 Å². The fourth-order valence-corrected chi connectivity index (χ4v) is 0.553. The van der Waals surface area contributed by atoms with Crippen molar-refractivity contribution in [2.24, 2.45) is 0 Å². The van der Waals surface area contributed by atoms with Gasteiger partial charge in [0, 0.05) is 0 Å². The zero-order valence-electron chi connectivity index (χ0n) is 7.31. The summed E-state index contributed by atoms with van der Waals surface area (Å²) in [6.45, 7) is 9.47. The highest BCUT2D eigenvalue weighted by molar-refractivity contribution is 5.92. The summed E-state index contributed by atoms with van der Waals surface area (Å²) in [7, 11) is 0. The number of hydrogen-bond acceptors (Lipinski definition) is 2. The molecule has 2 heteroatoms. The fraction of sp³-hybridized carbons (Fsp3) is 0.444. The molecule has 0 aliphatic heterocycles. The molecule has 2 nitrogen and oxygen atoms in total. The van der Waals surface area contributed by atoms with E-state index in [2.05, 4.69) is 6.58 Å². The van der Waals surface area contributed by atoms with Gasteiger partial charge in [-0.05, 0) is 26.3 Å². The minimum Gasteiger partial charge on any atom is -0.462 e. The van der Waals surface area contributed by atoms with E-state index in [1.807, 2.05) is 19.9 Å². The molecule has 0 rings (SSSR count). The van der Waals surface area contributed by atoms with Crippen LogP contribution in [-0.2, 0) is 9.53 Å². The lowest BCUT2D eigenvalue weighted by Crippen LogP contribution is -2.07. The van der Waals surface area contributed by atoms with Gasteiger partial charge in [0.05, 0.1) is 12.2 Å².